The average molecular weight is 338 g/mol. The molecule has 1 unspecified atom stereocenters. The SMILES string of the molecule is Cn1cc2c(=O)n(CC(O)c3cccc(C(F)(F)F)c3)cnc2n1. The molecule has 9 heteroatoms. The molecule has 24 heavy (non-hydrogen) atoms. The number of aromatic nitrogens is 4. The van der Waals surface area contributed by atoms with E-state index in [2.05, 4.69) is 10.1 Å². The van der Waals surface area contributed by atoms with E-state index in [0.29, 0.717) is 0 Å². The van der Waals surface area contributed by atoms with Gasteiger partial charge in [-0.15, -0.1) is 0 Å². The maximum absolute atomic E-state index is 12.7. The van der Waals surface area contributed by atoms with Crippen molar-refractivity contribution < 1.29 is 18.3 Å². The minimum Gasteiger partial charge on any atom is -0.387 e. The first kappa shape index (κ1) is 16.2. The van der Waals surface area contributed by atoms with E-state index in [1.54, 1.807) is 7.05 Å². The minimum atomic E-state index is -4.50. The number of hydrogen-bond acceptors (Lipinski definition) is 4. The minimum absolute atomic E-state index is 0.0722. The van der Waals surface area contributed by atoms with Crippen LogP contribution in [0.1, 0.15) is 17.2 Å². The van der Waals surface area contributed by atoms with E-state index in [-0.39, 0.29) is 23.1 Å². The van der Waals surface area contributed by atoms with Gasteiger partial charge in [0.15, 0.2) is 5.65 Å². The van der Waals surface area contributed by atoms with Crippen molar-refractivity contribution >= 4 is 11.0 Å². The lowest BCUT2D eigenvalue weighted by Crippen LogP contribution is -2.23. The van der Waals surface area contributed by atoms with Gasteiger partial charge in [-0.05, 0) is 17.7 Å². The van der Waals surface area contributed by atoms with Crippen LogP contribution in [0.4, 0.5) is 13.2 Å². The van der Waals surface area contributed by atoms with Gasteiger partial charge in [0.05, 0.1) is 18.2 Å². The predicted molar refractivity (Wildman–Crippen MR) is 79.2 cm³/mol. The van der Waals surface area contributed by atoms with Gasteiger partial charge in [0.2, 0.25) is 0 Å². The van der Waals surface area contributed by atoms with Crippen LogP contribution in [0.3, 0.4) is 0 Å². The first-order valence-corrected chi connectivity index (χ1v) is 7.00. The molecule has 6 nitrogen and oxygen atoms in total. The summed E-state index contributed by atoms with van der Waals surface area (Å²) in [6.45, 7) is -0.210. The predicted octanol–water partition coefficient (Wildman–Crippen LogP) is 1.88. The first-order valence-electron chi connectivity index (χ1n) is 7.00. The van der Waals surface area contributed by atoms with Crippen LogP contribution >= 0.6 is 0 Å². The van der Waals surface area contributed by atoms with E-state index in [9.17, 15) is 23.1 Å². The highest BCUT2D eigenvalue weighted by atomic mass is 19.4. The molecule has 126 valence electrons. The van der Waals surface area contributed by atoms with Crippen molar-refractivity contribution in [1.29, 1.82) is 0 Å². The van der Waals surface area contributed by atoms with Crippen molar-refractivity contribution in [3.05, 3.63) is 58.3 Å². The summed E-state index contributed by atoms with van der Waals surface area (Å²) in [6.07, 6.45) is -3.06. The van der Waals surface area contributed by atoms with E-state index in [1.807, 2.05) is 0 Å². The molecule has 0 saturated carbocycles. The van der Waals surface area contributed by atoms with Gasteiger partial charge >= 0.3 is 6.18 Å². The summed E-state index contributed by atoms with van der Waals surface area (Å²) in [7, 11) is 1.64. The number of benzene rings is 1. The number of aliphatic hydroxyl groups excluding tert-OH is 1. The third kappa shape index (κ3) is 3.02. The second kappa shape index (κ2) is 5.75. The van der Waals surface area contributed by atoms with Crippen molar-refractivity contribution in [3.63, 3.8) is 0 Å². The quantitative estimate of drug-likeness (QED) is 0.791. The summed E-state index contributed by atoms with van der Waals surface area (Å²) in [6, 6.07) is 4.38. The summed E-state index contributed by atoms with van der Waals surface area (Å²) < 4.78 is 40.8. The summed E-state index contributed by atoms with van der Waals surface area (Å²) >= 11 is 0. The Morgan fingerprint density at radius 1 is 1.33 bits per heavy atom. The Morgan fingerprint density at radius 3 is 2.79 bits per heavy atom. The molecule has 1 aromatic carbocycles. The number of aliphatic hydroxyl groups is 1. The van der Waals surface area contributed by atoms with Crippen LogP contribution in [0.2, 0.25) is 0 Å². The summed E-state index contributed by atoms with van der Waals surface area (Å²) in [5, 5.41) is 14.5. The van der Waals surface area contributed by atoms with E-state index in [0.717, 1.165) is 16.7 Å². The summed E-state index contributed by atoms with van der Waals surface area (Å²) in [5.41, 5.74) is -0.929. The topological polar surface area (TPSA) is 72.9 Å². The summed E-state index contributed by atoms with van der Waals surface area (Å²) in [4.78, 5) is 16.3. The van der Waals surface area contributed by atoms with E-state index in [1.165, 1.54) is 29.3 Å². The molecule has 0 fully saturated rings. The molecule has 0 aliphatic carbocycles. The Hall–Kier alpha value is -2.68. The summed E-state index contributed by atoms with van der Waals surface area (Å²) in [5.74, 6) is 0. The highest BCUT2D eigenvalue weighted by Crippen LogP contribution is 2.30. The fraction of sp³-hybridized carbons (Fsp3) is 0.267. The van der Waals surface area contributed by atoms with Gasteiger partial charge in [0.25, 0.3) is 5.56 Å². The van der Waals surface area contributed by atoms with Crippen LogP contribution in [-0.2, 0) is 19.8 Å². The molecule has 0 aliphatic rings. The van der Waals surface area contributed by atoms with Crippen LogP contribution in [0.15, 0.2) is 41.6 Å². The van der Waals surface area contributed by atoms with Crippen LogP contribution in [-0.4, -0.2) is 24.4 Å². The Balaban J connectivity index is 1.91. The number of alkyl halides is 3. The van der Waals surface area contributed by atoms with Crippen LogP contribution in [0.5, 0.6) is 0 Å². The van der Waals surface area contributed by atoms with E-state index in [4.69, 9.17) is 0 Å². The van der Waals surface area contributed by atoms with Gasteiger partial charge in [0.1, 0.15) is 11.7 Å². The molecule has 1 N–H and O–H groups in total. The molecule has 0 aliphatic heterocycles. The number of halogens is 3. The molecule has 3 aromatic rings. The second-order valence-corrected chi connectivity index (χ2v) is 5.38. The largest absolute Gasteiger partial charge is 0.416 e. The smallest absolute Gasteiger partial charge is 0.387 e. The van der Waals surface area contributed by atoms with Crippen molar-refractivity contribution in [2.24, 2.45) is 7.05 Å². The highest BCUT2D eigenvalue weighted by Gasteiger charge is 2.30. The highest BCUT2D eigenvalue weighted by molar-refractivity contribution is 5.72. The molecule has 2 aromatic heterocycles. The fourth-order valence-corrected chi connectivity index (χ4v) is 2.40. The van der Waals surface area contributed by atoms with Gasteiger partial charge in [-0.2, -0.15) is 18.3 Å². The zero-order valence-electron chi connectivity index (χ0n) is 12.5. The second-order valence-electron chi connectivity index (χ2n) is 5.38. The van der Waals surface area contributed by atoms with Crippen molar-refractivity contribution in [1.82, 2.24) is 19.3 Å². The zero-order chi connectivity index (χ0) is 17.5. The van der Waals surface area contributed by atoms with Gasteiger partial charge in [-0.1, -0.05) is 12.1 Å². The van der Waals surface area contributed by atoms with Crippen LogP contribution < -0.4 is 5.56 Å². The lowest BCUT2D eigenvalue weighted by atomic mass is 10.1. The van der Waals surface area contributed by atoms with Gasteiger partial charge in [0, 0.05) is 13.2 Å². The molecule has 0 amide bonds. The lowest BCUT2D eigenvalue weighted by Gasteiger charge is -2.14. The van der Waals surface area contributed by atoms with Crippen molar-refractivity contribution in [3.8, 4) is 0 Å². The molecular formula is C15H13F3N4O2. The zero-order valence-corrected chi connectivity index (χ0v) is 12.5. The van der Waals surface area contributed by atoms with Gasteiger partial charge in [-0.3, -0.25) is 14.0 Å². The van der Waals surface area contributed by atoms with Crippen LogP contribution in [0.25, 0.3) is 11.0 Å². The molecule has 0 bridgehead atoms. The first-order chi connectivity index (χ1) is 11.3. The molecule has 0 saturated heterocycles. The number of nitrogens with zero attached hydrogens (tertiary/aromatic N) is 4. The number of hydrogen-bond donors (Lipinski definition) is 1. The standard InChI is InChI=1S/C15H13F3N4O2/c1-21-6-11-13(20-21)19-8-22(14(11)24)7-12(23)9-3-2-4-10(5-9)15(16,17)18/h2-6,8,12,23H,7H2,1H3. The van der Waals surface area contributed by atoms with Gasteiger partial charge < -0.3 is 5.11 Å². The number of fused-ring (bicyclic) bond motifs is 1. The Kier molecular flexibility index (Phi) is 3.88. The van der Waals surface area contributed by atoms with Crippen molar-refractivity contribution in [2.45, 2.75) is 18.8 Å². The van der Waals surface area contributed by atoms with E-state index < -0.39 is 23.4 Å². The third-order valence-electron chi connectivity index (χ3n) is 3.59. The van der Waals surface area contributed by atoms with Gasteiger partial charge in [-0.25, -0.2) is 4.98 Å². The number of rotatable bonds is 3. The molecular weight excluding hydrogens is 325 g/mol. The molecule has 0 radical (unpaired) electrons. The maximum atomic E-state index is 12.7. The Morgan fingerprint density at radius 2 is 2.08 bits per heavy atom. The fourth-order valence-electron chi connectivity index (χ4n) is 2.40. The maximum Gasteiger partial charge on any atom is 0.416 e. The molecule has 0 spiro atoms. The third-order valence-corrected chi connectivity index (χ3v) is 3.59. The van der Waals surface area contributed by atoms with Crippen LogP contribution in [0, 0.1) is 0 Å². The van der Waals surface area contributed by atoms with E-state index >= 15 is 0 Å². The molecule has 2 heterocycles. The number of aryl methyl sites for hydroxylation is 1. The lowest BCUT2D eigenvalue weighted by molar-refractivity contribution is -0.137. The Bertz CT molecular complexity index is 946. The monoisotopic (exact) mass is 338 g/mol. The Labute approximate surface area is 133 Å². The molecule has 3 rings (SSSR count). The normalized spacial score (nSPS) is 13.4. The molecule has 1 atom stereocenters. The van der Waals surface area contributed by atoms with Crippen molar-refractivity contribution in [2.75, 3.05) is 0 Å². The average Bonchev–Trinajstić information content (AvgIpc) is 2.91.